The molecule has 142 valence electrons. The maximum Gasteiger partial charge on any atom is 0.255 e. The van der Waals surface area contributed by atoms with Gasteiger partial charge < -0.3 is 15.1 Å². The lowest BCUT2D eigenvalue weighted by Crippen LogP contribution is -2.48. The van der Waals surface area contributed by atoms with Crippen molar-refractivity contribution in [3.05, 3.63) is 57.6 Å². The first-order valence-corrected chi connectivity index (χ1v) is 9.48. The highest BCUT2D eigenvalue weighted by Crippen LogP contribution is 2.30. The van der Waals surface area contributed by atoms with Crippen LogP contribution < -0.4 is 10.2 Å². The molecule has 0 atom stereocenters. The summed E-state index contributed by atoms with van der Waals surface area (Å²) in [4.78, 5) is 27.8. The van der Waals surface area contributed by atoms with Gasteiger partial charge in [-0.1, -0.05) is 29.3 Å². The van der Waals surface area contributed by atoms with Crippen molar-refractivity contribution in [3.8, 4) is 0 Å². The highest BCUT2D eigenvalue weighted by molar-refractivity contribution is 6.33. The summed E-state index contributed by atoms with van der Waals surface area (Å²) in [6.07, 6.45) is 0. The van der Waals surface area contributed by atoms with Crippen molar-refractivity contribution in [1.82, 2.24) is 4.90 Å². The molecule has 2 aromatic rings. The molecule has 2 amide bonds. The largest absolute Gasteiger partial charge is 0.367 e. The lowest BCUT2D eigenvalue weighted by Gasteiger charge is -2.36. The number of nitrogens with zero attached hydrogens (tertiary/aromatic N) is 2. The second-order valence-electron chi connectivity index (χ2n) is 6.58. The Morgan fingerprint density at radius 2 is 1.67 bits per heavy atom. The maximum atomic E-state index is 12.4. The van der Waals surface area contributed by atoms with Gasteiger partial charge in [-0.05, 0) is 42.8 Å². The minimum absolute atomic E-state index is 0.0926. The first-order valence-electron chi connectivity index (χ1n) is 8.72. The van der Waals surface area contributed by atoms with Crippen molar-refractivity contribution in [2.24, 2.45) is 0 Å². The van der Waals surface area contributed by atoms with E-state index < -0.39 is 0 Å². The zero-order chi connectivity index (χ0) is 19.6. The zero-order valence-corrected chi connectivity index (χ0v) is 16.8. The van der Waals surface area contributed by atoms with Crippen LogP contribution in [0.25, 0.3) is 0 Å². The summed E-state index contributed by atoms with van der Waals surface area (Å²) in [5.74, 6) is -0.147. The molecule has 1 N–H and O–H groups in total. The van der Waals surface area contributed by atoms with Crippen LogP contribution in [0.2, 0.25) is 10.0 Å². The van der Waals surface area contributed by atoms with Crippen molar-refractivity contribution in [3.63, 3.8) is 0 Å². The summed E-state index contributed by atoms with van der Waals surface area (Å²) in [7, 11) is 0. The molecule has 1 fully saturated rings. The van der Waals surface area contributed by atoms with E-state index in [1.165, 1.54) is 0 Å². The number of rotatable bonds is 3. The predicted molar refractivity (Wildman–Crippen MR) is 110 cm³/mol. The molecular formula is C20H21Cl2N3O2. The second-order valence-corrected chi connectivity index (χ2v) is 7.39. The predicted octanol–water partition coefficient (Wildman–Crippen LogP) is 4.22. The van der Waals surface area contributed by atoms with Crippen molar-refractivity contribution >= 4 is 46.4 Å². The van der Waals surface area contributed by atoms with E-state index in [1.54, 1.807) is 25.1 Å². The molecule has 2 aromatic carbocycles. The third-order valence-corrected chi connectivity index (χ3v) is 5.42. The molecule has 1 saturated heterocycles. The fraction of sp³-hybridized carbons (Fsp3) is 0.300. The van der Waals surface area contributed by atoms with E-state index in [-0.39, 0.29) is 11.8 Å². The number of aryl methyl sites for hydroxylation is 1. The molecule has 5 nitrogen and oxygen atoms in total. The molecule has 1 aliphatic rings. The lowest BCUT2D eigenvalue weighted by molar-refractivity contribution is -0.129. The standard InChI is InChI=1S/C20H21Cl2N3O2/c1-13-3-4-15(11-17(13)21)20(27)23-16-5-6-19(18(22)12-16)25-9-7-24(8-10-25)14(2)26/h3-6,11-12H,7-10H2,1-2H3,(H,23,27). The van der Waals surface area contributed by atoms with Crippen LogP contribution in [-0.4, -0.2) is 42.9 Å². The number of hydrogen-bond donors (Lipinski definition) is 1. The number of piperazine rings is 1. The Hall–Kier alpha value is -2.24. The fourth-order valence-electron chi connectivity index (χ4n) is 3.04. The van der Waals surface area contributed by atoms with Crippen LogP contribution in [0.4, 0.5) is 11.4 Å². The van der Waals surface area contributed by atoms with Gasteiger partial charge in [0.25, 0.3) is 5.91 Å². The fourth-order valence-corrected chi connectivity index (χ4v) is 3.52. The monoisotopic (exact) mass is 405 g/mol. The first-order chi connectivity index (χ1) is 12.8. The Kier molecular flexibility index (Phi) is 5.92. The first kappa shape index (κ1) is 19.5. The molecule has 0 bridgehead atoms. The van der Waals surface area contributed by atoms with Crippen LogP contribution in [0.5, 0.6) is 0 Å². The van der Waals surface area contributed by atoms with Crippen LogP contribution in [0, 0.1) is 6.92 Å². The van der Waals surface area contributed by atoms with E-state index in [4.69, 9.17) is 23.2 Å². The van der Waals surface area contributed by atoms with Gasteiger partial charge in [0, 0.05) is 49.4 Å². The summed E-state index contributed by atoms with van der Waals surface area (Å²) in [6.45, 7) is 6.29. The number of nitrogens with one attached hydrogen (secondary N) is 1. The van der Waals surface area contributed by atoms with E-state index >= 15 is 0 Å². The molecule has 0 radical (unpaired) electrons. The van der Waals surface area contributed by atoms with E-state index in [2.05, 4.69) is 10.2 Å². The van der Waals surface area contributed by atoms with Crippen LogP contribution in [0.3, 0.4) is 0 Å². The molecule has 7 heteroatoms. The van der Waals surface area contributed by atoms with E-state index in [9.17, 15) is 9.59 Å². The molecule has 3 rings (SSSR count). The Labute approximate surface area is 168 Å². The topological polar surface area (TPSA) is 52.7 Å². The number of anilines is 2. The van der Waals surface area contributed by atoms with Crippen molar-refractivity contribution in [2.75, 3.05) is 36.4 Å². The minimum Gasteiger partial charge on any atom is -0.367 e. The molecular weight excluding hydrogens is 385 g/mol. The second kappa shape index (κ2) is 8.19. The average Bonchev–Trinajstić information content (AvgIpc) is 2.64. The third-order valence-electron chi connectivity index (χ3n) is 4.71. The van der Waals surface area contributed by atoms with Gasteiger partial charge in [0.15, 0.2) is 0 Å². The summed E-state index contributed by atoms with van der Waals surface area (Å²) in [5.41, 5.74) is 2.93. The smallest absolute Gasteiger partial charge is 0.255 e. The van der Waals surface area contributed by atoms with Gasteiger partial charge in [-0.2, -0.15) is 0 Å². The Bertz CT molecular complexity index is 878. The van der Waals surface area contributed by atoms with E-state index in [0.29, 0.717) is 34.4 Å². The highest BCUT2D eigenvalue weighted by Gasteiger charge is 2.20. The molecule has 27 heavy (non-hydrogen) atoms. The summed E-state index contributed by atoms with van der Waals surface area (Å²) >= 11 is 12.5. The highest BCUT2D eigenvalue weighted by atomic mass is 35.5. The number of benzene rings is 2. The van der Waals surface area contributed by atoms with Crippen LogP contribution in [0.15, 0.2) is 36.4 Å². The van der Waals surface area contributed by atoms with Crippen molar-refractivity contribution in [2.45, 2.75) is 13.8 Å². The zero-order valence-electron chi connectivity index (χ0n) is 15.3. The molecule has 0 aromatic heterocycles. The van der Waals surface area contributed by atoms with E-state index in [1.807, 2.05) is 30.0 Å². The maximum absolute atomic E-state index is 12.4. The average molecular weight is 406 g/mol. The summed E-state index contributed by atoms with van der Waals surface area (Å²) < 4.78 is 0. The third kappa shape index (κ3) is 4.54. The molecule has 0 unspecified atom stereocenters. The van der Waals surface area contributed by atoms with Gasteiger partial charge >= 0.3 is 0 Å². The Morgan fingerprint density at radius 1 is 0.963 bits per heavy atom. The summed E-state index contributed by atoms with van der Waals surface area (Å²) in [6, 6.07) is 10.7. The van der Waals surface area contributed by atoms with Crippen molar-refractivity contribution in [1.29, 1.82) is 0 Å². The van der Waals surface area contributed by atoms with Gasteiger partial charge in [0.1, 0.15) is 0 Å². The number of carbonyl (C=O) groups excluding carboxylic acids is 2. The van der Waals surface area contributed by atoms with Crippen molar-refractivity contribution < 1.29 is 9.59 Å². The van der Waals surface area contributed by atoms with Gasteiger partial charge in [0.2, 0.25) is 5.91 Å². The molecule has 0 spiro atoms. The lowest BCUT2D eigenvalue weighted by atomic mass is 10.1. The van der Waals surface area contributed by atoms with Crippen LogP contribution >= 0.6 is 23.2 Å². The number of amides is 2. The van der Waals surface area contributed by atoms with Crippen LogP contribution in [0.1, 0.15) is 22.8 Å². The Morgan fingerprint density at radius 3 is 2.26 bits per heavy atom. The van der Waals surface area contributed by atoms with Gasteiger partial charge in [-0.15, -0.1) is 0 Å². The number of carbonyl (C=O) groups is 2. The normalized spacial score (nSPS) is 14.2. The molecule has 0 saturated carbocycles. The number of halogens is 2. The van der Waals surface area contributed by atoms with Crippen LogP contribution in [-0.2, 0) is 4.79 Å². The van der Waals surface area contributed by atoms with Gasteiger partial charge in [-0.3, -0.25) is 9.59 Å². The number of hydrogen-bond acceptors (Lipinski definition) is 3. The minimum atomic E-state index is -0.240. The van der Waals surface area contributed by atoms with Gasteiger partial charge in [-0.25, -0.2) is 0 Å². The quantitative estimate of drug-likeness (QED) is 0.831. The SMILES string of the molecule is CC(=O)N1CCN(c2ccc(NC(=O)c3ccc(C)c(Cl)c3)cc2Cl)CC1. The Balaban J connectivity index is 1.68. The molecule has 1 aliphatic heterocycles. The molecule has 1 heterocycles. The van der Waals surface area contributed by atoms with Gasteiger partial charge in [0.05, 0.1) is 10.7 Å². The molecule has 0 aliphatic carbocycles. The van der Waals surface area contributed by atoms with E-state index in [0.717, 1.165) is 24.3 Å². The summed E-state index contributed by atoms with van der Waals surface area (Å²) in [5, 5.41) is 3.96.